The molecule has 0 saturated carbocycles. The van der Waals surface area contributed by atoms with E-state index < -0.39 is 11.2 Å². The Hall–Kier alpha value is -2.94. The summed E-state index contributed by atoms with van der Waals surface area (Å²) in [6, 6.07) is 4.52. The fourth-order valence-electron chi connectivity index (χ4n) is 2.11. The van der Waals surface area contributed by atoms with Crippen molar-refractivity contribution in [1.82, 2.24) is 19.9 Å². The molecule has 0 unspecified atom stereocenters. The third-order valence-electron chi connectivity index (χ3n) is 3.30. The summed E-state index contributed by atoms with van der Waals surface area (Å²) in [5, 5.41) is 2.97. The Kier molecular flexibility index (Phi) is 3.70. The number of nitrogens with one attached hydrogen (secondary N) is 3. The SMILES string of the molecule is Cn1c(=O)[nH]c(=O)c2cc(C(=O)NCc3cc[nH]c(=O)c3)sc21. The molecule has 3 heterocycles. The molecular formula is C14H12N4O4S. The molecule has 0 aromatic carbocycles. The predicted molar refractivity (Wildman–Crippen MR) is 85.9 cm³/mol. The van der Waals surface area contributed by atoms with Gasteiger partial charge < -0.3 is 10.3 Å². The zero-order chi connectivity index (χ0) is 16.6. The van der Waals surface area contributed by atoms with Gasteiger partial charge in [-0.05, 0) is 17.7 Å². The second kappa shape index (κ2) is 5.69. The number of amides is 1. The average Bonchev–Trinajstić information content (AvgIpc) is 2.96. The van der Waals surface area contributed by atoms with E-state index in [1.807, 2.05) is 0 Å². The van der Waals surface area contributed by atoms with E-state index in [1.165, 1.54) is 29.9 Å². The van der Waals surface area contributed by atoms with E-state index in [1.54, 1.807) is 6.07 Å². The number of aromatic nitrogens is 3. The standard InChI is InChI=1S/C14H12N4O4S/c1-18-13-8(11(20)17-14(18)22)5-9(23-13)12(21)16-6-7-2-3-15-10(19)4-7/h2-5H,6H2,1H3,(H,15,19)(H,16,21)(H,17,20,22). The maximum Gasteiger partial charge on any atom is 0.329 e. The maximum absolute atomic E-state index is 12.2. The van der Waals surface area contributed by atoms with Crippen LogP contribution >= 0.6 is 11.3 Å². The number of thiophene rings is 1. The van der Waals surface area contributed by atoms with Crippen molar-refractivity contribution in [2.24, 2.45) is 7.05 Å². The number of carbonyl (C=O) groups is 1. The van der Waals surface area contributed by atoms with Gasteiger partial charge in [0.15, 0.2) is 0 Å². The number of aryl methyl sites for hydroxylation is 1. The molecule has 3 N–H and O–H groups in total. The van der Waals surface area contributed by atoms with Gasteiger partial charge in [0, 0.05) is 25.9 Å². The quantitative estimate of drug-likeness (QED) is 0.621. The van der Waals surface area contributed by atoms with E-state index >= 15 is 0 Å². The molecule has 0 aliphatic carbocycles. The molecule has 0 spiro atoms. The lowest BCUT2D eigenvalue weighted by atomic mass is 10.2. The largest absolute Gasteiger partial charge is 0.347 e. The van der Waals surface area contributed by atoms with Gasteiger partial charge in [-0.25, -0.2) is 4.79 Å². The molecule has 0 aliphatic heterocycles. The van der Waals surface area contributed by atoms with Crippen LogP contribution in [0, 0.1) is 0 Å². The summed E-state index contributed by atoms with van der Waals surface area (Å²) < 4.78 is 1.29. The van der Waals surface area contributed by atoms with E-state index in [9.17, 15) is 19.2 Å². The topological polar surface area (TPSA) is 117 Å². The van der Waals surface area contributed by atoms with Gasteiger partial charge >= 0.3 is 5.69 Å². The third-order valence-corrected chi connectivity index (χ3v) is 4.51. The lowest BCUT2D eigenvalue weighted by Gasteiger charge is -2.02. The van der Waals surface area contributed by atoms with Crippen molar-refractivity contribution in [3.63, 3.8) is 0 Å². The van der Waals surface area contributed by atoms with Crippen LogP contribution in [-0.4, -0.2) is 20.4 Å². The van der Waals surface area contributed by atoms with Crippen molar-refractivity contribution in [1.29, 1.82) is 0 Å². The number of pyridine rings is 1. The Labute approximate surface area is 132 Å². The van der Waals surface area contributed by atoms with Crippen molar-refractivity contribution >= 4 is 27.5 Å². The summed E-state index contributed by atoms with van der Waals surface area (Å²) in [4.78, 5) is 52.1. The Morgan fingerprint density at radius 3 is 2.83 bits per heavy atom. The van der Waals surface area contributed by atoms with Gasteiger partial charge in [0.05, 0.1) is 10.3 Å². The first-order valence-electron chi connectivity index (χ1n) is 6.64. The molecule has 3 aromatic rings. The van der Waals surface area contributed by atoms with Crippen molar-refractivity contribution in [2.45, 2.75) is 6.54 Å². The minimum absolute atomic E-state index is 0.187. The van der Waals surface area contributed by atoms with E-state index in [-0.39, 0.29) is 18.0 Å². The lowest BCUT2D eigenvalue weighted by Crippen LogP contribution is -2.27. The molecule has 1 amide bonds. The van der Waals surface area contributed by atoms with Crippen LogP contribution in [-0.2, 0) is 13.6 Å². The van der Waals surface area contributed by atoms with Gasteiger partial charge in [-0.3, -0.25) is 23.9 Å². The minimum atomic E-state index is -0.528. The van der Waals surface area contributed by atoms with E-state index in [2.05, 4.69) is 15.3 Å². The normalized spacial score (nSPS) is 10.8. The van der Waals surface area contributed by atoms with Crippen LogP contribution in [0.15, 0.2) is 38.8 Å². The molecule has 0 fully saturated rings. The molecule has 23 heavy (non-hydrogen) atoms. The van der Waals surface area contributed by atoms with Gasteiger partial charge in [0.2, 0.25) is 5.56 Å². The van der Waals surface area contributed by atoms with Gasteiger partial charge in [0.25, 0.3) is 11.5 Å². The van der Waals surface area contributed by atoms with Crippen LogP contribution in [0.25, 0.3) is 10.2 Å². The van der Waals surface area contributed by atoms with Crippen molar-refractivity contribution in [2.75, 3.05) is 0 Å². The summed E-state index contributed by atoms with van der Waals surface area (Å²) in [5.41, 5.74) is -0.638. The molecule has 0 saturated heterocycles. The summed E-state index contributed by atoms with van der Waals surface area (Å²) in [6.07, 6.45) is 1.50. The molecule has 118 valence electrons. The third kappa shape index (κ3) is 2.86. The molecule has 0 radical (unpaired) electrons. The van der Waals surface area contributed by atoms with Gasteiger partial charge in [-0.15, -0.1) is 11.3 Å². The molecule has 0 bridgehead atoms. The van der Waals surface area contributed by atoms with Crippen LogP contribution < -0.4 is 22.1 Å². The Bertz CT molecular complexity index is 1070. The van der Waals surface area contributed by atoms with Crippen LogP contribution in [0.2, 0.25) is 0 Å². The Morgan fingerprint density at radius 1 is 1.30 bits per heavy atom. The fraction of sp³-hybridized carbons (Fsp3) is 0.143. The zero-order valence-electron chi connectivity index (χ0n) is 12.0. The van der Waals surface area contributed by atoms with Gasteiger partial charge in [0.1, 0.15) is 4.83 Å². The van der Waals surface area contributed by atoms with E-state index in [0.29, 0.717) is 20.7 Å². The average molecular weight is 332 g/mol. The lowest BCUT2D eigenvalue weighted by molar-refractivity contribution is 0.0955. The van der Waals surface area contributed by atoms with Crippen LogP contribution in [0.4, 0.5) is 0 Å². The molecule has 8 nitrogen and oxygen atoms in total. The highest BCUT2D eigenvalue weighted by atomic mass is 32.1. The first kappa shape index (κ1) is 15.0. The summed E-state index contributed by atoms with van der Waals surface area (Å²) in [5.74, 6) is -0.377. The minimum Gasteiger partial charge on any atom is -0.347 e. The fourth-order valence-corrected chi connectivity index (χ4v) is 3.15. The van der Waals surface area contributed by atoms with Crippen molar-refractivity contribution < 1.29 is 4.79 Å². The zero-order valence-corrected chi connectivity index (χ0v) is 12.8. The van der Waals surface area contributed by atoms with Gasteiger partial charge in [-0.2, -0.15) is 0 Å². The predicted octanol–water partition coefficient (Wildman–Crippen LogP) is -0.0934. The van der Waals surface area contributed by atoms with E-state index in [0.717, 1.165) is 11.3 Å². The number of H-pyrrole nitrogens is 2. The first-order chi connectivity index (χ1) is 11.0. The van der Waals surface area contributed by atoms with Crippen molar-refractivity contribution in [3.05, 3.63) is 66.0 Å². The Balaban J connectivity index is 1.88. The van der Waals surface area contributed by atoms with Gasteiger partial charge in [-0.1, -0.05) is 0 Å². The van der Waals surface area contributed by atoms with Crippen LogP contribution in [0.3, 0.4) is 0 Å². The maximum atomic E-state index is 12.2. The summed E-state index contributed by atoms with van der Waals surface area (Å²) in [7, 11) is 1.52. The molecule has 0 atom stereocenters. The molecular weight excluding hydrogens is 320 g/mol. The number of aromatic amines is 2. The monoisotopic (exact) mass is 332 g/mol. The van der Waals surface area contributed by atoms with Crippen LogP contribution in [0.1, 0.15) is 15.2 Å². The molecule has 9 heteroatoms. The summed E-state index contributed by atoms with van der Waals surface area (Å²) >= 11 is 1.06. The Morgan fingerprint density at radius 2 is 2.09 bits per heavy atom. The highest BCUT2D eigenvalue weighted by Gasteiger charge is 2.14. The second-order valence-corrected chi connectivity index (χ2v) is 5.92. The second-order valence-electron chi connectivity index (χ2n) is 4.89. The number of hydrogen-bond acceptors (Lipinski definition) is 5. The summed E-state index contributed by atoms with van der Waals surface area (Å²) in [6.45, 7) is 0.187. The number of nitrogens with zero attached hydrogens (tertiary/aromatic N) is 1. The number of rotatable bonds is 3. The van der Waals surface area contributed by atoms with Crippen LogP contribution in [0.5, 0.6) is 0 Å². The smallest absolute Gasteiger partial charge is 0.329 e. The molecule has 3 aromatic heterocycles. The number of hydrogen-bond donors (Lipinski definition) is 3. The van der Waals surface area contributed by atoms with E-state index in [4.69, 9.17) is 0 Å². The number of fused-ring (bicyclic) bond motifs is 1. The highest BCUT2D eigenvalue weighted by molar-refractivity contribution is 7.20. The first-order valence-corrected chi connectivity index (χ1v) is 7.46. The van der Waals surface area contributed by atoms with Crippen molar-refractivity contribution in [3.8, 4) is 0 Å². The molecule has 0 aliphatic rings. The molecule has 3 rings (SSSR count). The number of carbonyl (C=O) groups excluding carboxylic acids is 1. The highest BCUT2D eigenvalue weighted by Crippen LogP contribution is 2.21.